The number of benzene rings is 1. The van der Waals surface area contributed by atoms with Gasteiger partial charge in [0.05, 0.1) is 18.8 Å². The molecule has 1 aromatic rings. The smallest absolute Gasteiger partial charge is 0.130 e. The molecule has 0 bridgehead atoms. The van der Waals surface area contributed by atoms with Crippen molar-refractivity contribution in [3.8, 4) is 0 Å². The van der Waals surface area contributed by atoms with Gasteiger partial charge in [0.2, 0.25) is 0 Å². The van der Waals surface area contributed by atoms with Gasteiger partial charge in [0.1, 0.15) is 5.82 Å². The van der Waals surface area contributed by atoms with E-state index < -0.39 is 0 Å². The van der Waals surface area contributed by atoms with Gasteiger partial charge in [-0.3, -0.25) is 4.99 Å². The number of aliphatic imine (C=N–C) groups is 2. The minimum atomic E-state index is 0.154. The van der Waals surface area contributed by atoms with Gasteiger partial charge < -0.3 is 20.9 Å². The first-order valence-corrected chi connectivity index (χ1v) is 13.1. The van der Waals surface area contributed by atoms with Crippen LogP contribution in [0.5, 0.6) is 0 Å². The first-order valence-electron chi connectivity index (χ1n) is 12.8. The lowest BCUT2D eigenvalue weighted by molar-refractivity contribution is 0.192. The van der Waals surface area contributed by atoms with Crippen molar-refractivity contribution in [2.24, 2.45) is 21.1 Å². The fraction of sp³-hybridized carbons (Fsp3) is 0.571. The minimum absolute atomic E-state index is 0.154. The summed E-state index contributed by atoms with van der Waals surface area (Å²) < 4.78 is 0. The van der Waals surface area contributed by atoms with Gasteiger partial charge in [0.15, 0.2) is 0 Å². The largest absolute Gasteiger partial charge is 0.379 e. The molecule has 0 aliphatic carbocycles. The number of rotatable bonds is 9. The maximum Gasteiger partial charge on any atom is 0.130 e. The fourth-order valence-corrected chi connectivity index (χ4v) is 5.28. The summed E-state index contributed by atoms with van der Waals surface area (Å²) in [5, 5.41) is 4.43. The molecule has 2 aliphatic rings. The second kappa shape index (κ2) is 12.1. The monoisotopic (exact) mass is 498 g/mol. The first-order chi connectivity index (χ1) is 16.6. The molecule has 1 aromatic carbocycles. The molecule has 0 unspecified atom stereocenters. The maximum absolute atomic E-state index is 6.88. The second-order valence-electron chi connectivity index (χ2n) is 11.0. The molecular weight excluding hydrogens is 456 g/mol. The predicted molar refractivity (Wildman–Crippen MR) is 151 cm³/mol. The molecule has 0 spiro atoms. The van der Waals surface area contributed by atoms with Gasteiger partial charge in [-0.25, -0.2) is 4.99 Å². The highest BCUT2D eigenvalue weighted by Crippen LogP contribution is 2.38. The fourth-order valence-electron chi connectivity index (χ4n) is 4.98. The molecular formula is C28H43ClN6. The second-order valence-corrected chi connectivity index (χ2v) is 11.4. The SMILES string of the molecule is C=N/C(=C\C(C)=NCN)N1CCCCC[C@@H]1c1ccc(NC2CN(C(=C)CC(C)(C)C)C2)cc1Cl. The quantitative estimate of drug-likeness (QED) is 0.396. The number of hydrogen-bond acceptors (Lipinski definition) is 6. The molecule has 2 fully saturated rings. The lowest BCUT2D eigenvalue weighted by atomic mass is 9.89. The molecule has 3 rings (SSSR count). The van der Waals surface area contributed by atoms with E-state index in [4.69, 9.17) is 17.3 Å². The van der Waals surface area contributed by atoms with Crippen LogP contribution in [0.1, 0.15) is 71.4 Å². The summed E-state index contributed by atoms with van der Waals surface area (Å²) in [6, 6.07) is 6.96. The van der Waals surface area contributed by atoms with Gasteiger partial charge in [0, 0.05) is 47.8 Å². The number of hydrogen-bond donors (Lipinski definition) is 2. The zero-order chi connectivity index (χ0) is 25.6. The molecule has 35 heavy (non-hydrogen) atoms. The zero-order valence-corrected chi connectivity index (χ0v) is 22.7. The van der Waals surface area contributed by atoms with E-state index in [0.29, 0.717) is 6.04 Å². The summed E-state index contributed by atoms with van der Waals surface area (Å²) in [5.74, 6) is 0.829. The van der Waals surface area contributed by atoms with Crippen LogP contribution in [0.2, 0.25) is 5.02 Å². The van der Waals surface area contributed by atoms with E-state index in [1.54, 1.807) is 0 Å². The third-order valence-electron chi connectivity index (χ3n) is 6.68. The van der Waals surface area contributed by atoms with E-state index in [9.17, 15) is 0 Å². The van der Waals surface area contributed by atoms with Crippen LogP contribution < -0.4 is 11.1 Å². The standard InChI is InChI=1S/C28H43ClN6/c1-20(32-19-30)14-27(31-6)35-13-9-7-8-10-26(35)24-12-11-22(15-25(24)29)33-23-17-34(18-23)21(2)16-28(3,4)5/h11-12,14-15,23,26,33H,2,6-10,13,16-19,30H2,1,3-5H3/b27-14+,32-20?/t26-/m1/s1. The topological polar surface area (TPSA) is 69.2 Å². The maximum atomic E-state index is 6.88. The van der Waals surface area contributed by atoms with Crippen molar-refractivity contribution in [1.82, 2.24) is 9.80 Å². The zero-order valence-electron chi connectivity index (χ0n) is 22.0. The average Bonchev–Trinajstić information content (AvgIpc) is 2.99. The minimum Gasteiger partial charge on any atom is -0.379 e. The highest BCUT2D eigenvalue weighted by Gasteiger charge is 2.30. The van der Waals surface area contributed by atoms with Crippen molar-refractivity contribution < 1.29 is 0 Å². The number of halogens is 1. The van der Waals surface area contributed by atoms with Crippen LogP contribution in [0.4, 0.5) is 5.69 Å². The highest BCUT2D eigenvalue weighted by atomic mass is 35.5. The Kier molecular flexibility index (Phi) is 9.42. The summed E-state index contributed by atoms with van der Waals surface area (Å²) in [6.07, 6.45) is 7.49. The third kappa shape index (κ3) is 7.58. The number of nitrogens with two attached hydrogens (primary N) is 1. The van der Waals surface area contributed by atoms with Crippen LogP contribution in [-0.2, 0) is 0 Å². The number of allylic oxidation sites excluding steroid dienone is 2. The molecule has 3 N–H and O–H groups in total. The van der Waals surface area contributed by atoms with Crippen molar-refractivity contribution in [3.05, 3.63) is 53.0 Å². The lowest BCUT2D eigenvalue weighted by Gasteiger charge is -2.44. The van der Waals surface area contributed by atoms with E-state index in [1.165, 1.54) is 12.1 Å². The summed E-state index contributed by atoms with van der Waals surface area (Å²) >= 11 is 6.88. The van der Waals surface area contributed by atoms with Crippen LogP contribution in [0.3, 0.4) is 0 Å². The molecule has 192 valence electrons. The molecule has 2 saturated heterocycles. The molecule has 2 heterocycles. The van der Waals surface area contributed by atoms with Gasteiger partial charge in [-0.05, 0) is 56.0 Å². The van der Waals surface area contributed by atoms with E-state index >= 15 is 0 Å². The van der Waals surface area contributed by atoms with E-state index in [-0.39, 0.29) is 18.1 Å². The van der Waals surface area contributed by atoms with Crippen LogP contribution in [0.25, 0.3) is 0 Å². The van der Waals surface area contributed by atoms with Crippen LogP contribution in [0.15, 0.2) is 52.4 Å². The number of nitrogens with zero attached hydrogens (tertiary/aromatic N) is 4. The van der Waals surface area contributed by atoms with Crippen molar-refractivity contribution in [2.75, 3.05) is 31.6 Å². The van der Waals surface area contributed by atoms with Crippen molar-refractivity contribution in [1.29, 1.82) is 0 Å². The van der Waals surface area contributed by atoms with E-state index in [2.05, 4.69) is 77.4 Å². The average molecular weight is 499 g/mol. The van der Waals surface area contributed by atoms with Gasteiger partial charge >= 0.3 is 0 Å². The Balaban J connectivity index is 1.71. The summed E-state index contributed by atoms with van der Waals surface area (Å²) in [5.41, 5.74) is 10.1. The van der Waals surface area contributed by atoms with Gasteiger partial charge in [-0.15, -0.1) is 0 Å². The Bertz CT molecular complexity index is 955. The van der Waals surface area contributed by atoms with Crippen LogP contribution in [-0.4, -0.2) is 54.6 Å². The summed E-state index contributed by atoms with van der Waals surface area (Å²) in [7, 11) is 0. The van der Waals surface area contributed by atoms with Crippen molar-refractivity contribution in [3.63, 3.8) is 0 Å². The van der Waals surface area contributed by atoms with Gasteiger partial charge in [-0.1, -0.05) is 57.9 Å². The van der Waals surface area contributed by atoms with Gasteiger partial charge in [0.25, 0.3) is 0 Å². The predicted octanol–water partition coefficient (Wildman–Crippen LogP) is 6.22. The van der Waals surface area contributed by atoms with Crippen molar-refractivity contribution >= 4 is 29.7 Å². The van der Waals surface area contributed by atoms with Crippen molar-refractivity contribution in [2.45, 2.75) is 71.9 Å². The number of likely N-dealkylation sites (tertiary alicyclic amines) is 2. The number of nitrogens with one attached hydrogen (secondary N) is 1. The molecule has 1 atom stereocenters. The Labute approximate surface area is 217 Å². The highest BCUT2D eigenvalue weighted by molar-refractivity contribution is 6.31. The Morgan fingerprint density at radius 1 is 1.26 bits per heavy atom. The van der Waals surface area contributed by atoms with E-state index in [0.717, 1.165) is 73.1 Å². The molecule has 7 heteroatoms. The Morgan fingerprint density at radius 2 is 2.00 bits per heavy atom. The Morgan fingerprint density at radius 3 is 2.63 bits per heavy atom. The summed E-state index contributed by atoms with van der Waals surface area (Å²) in [6.45, 7) is 20.0. The van der Waals surface area contributed by atoms with Gasteiger partial charge in [-0.2, -0.15) is 0 Å². The Hall–Kier alpha value is -2.31. The first kappa shape index (κ1) is 27.3. The third-order valence-corrected chi connectivity index (χ3v) is 7.01. The normalized spacial score (nSPS) is 20.3. The summed E-state index contributed by atoms with van der Waals surface area (Å²) in [4.78, 5) is 13.3. The van der Waals surface area contributed by atoms with Crippen LogP contribution >= 0.6 is 11.6 Å². The molecule has 2 aliphatic heterocycles. The molecule has 0 amide bonds. The lowest BCUT2D eigenvalue weighted by Crippen LogP contribution is -2.54. The molecule has 0 aromatic heterocycles. The number of anilines is 1. The molecule has 0 saturated carbocycles. The van der Waals surface area contributed by atoms with E-state index in [1.807, 2.05) is 13.0 Å². The molecule has 0 radical (unpaired) electrons. The van der Waals surface area contributed by atoms with Crippen LogP contribution in [0, 0.1) is 5.41 Å². The molecule has 6 nitrogen and oxygen atoms in total.